The van der Waals surface area contributed by atoms with E-state index in [9.17, 15) is 0 Å². The van der Waals surface area contributed by atoms with E-state index in [0.29, 0.717) is 0 Å². The third-order valence-corrected chi connectivity index (χ3v) is 3.60. The molecular formula is C15H26N2O. The van der Waals surface area contributed by atoms with Crippen molar-refractivity contribution in [1.82, 2.24) is 10.2 Å². The number of furan rings is 1. The van der Waals surface area contributed by atoms with Crippen molar-refractivity contribution in [2.75, 3.05) is 13.1 Å². The summed E-state index contributed by atoms with van der Waals surface area (Å²) in [6, 6.07) is 2.98. The maximum atomic E-state index is 5.86. The molecule has 0 bridgehead atoms. The molecule has 3 nitrogen and oxygen atoms in total. The molecule has 1 heterocycles. The topological polar surface area (TPSA) is 28.4 Å². The summed E-state index contributed by atoms with van der Waals surface area (Å²) in [4.78, 5) is 2.43. The average Bonchev–Trinajstić information content (AvgIpc) is 3.11. The van der Waals surface area contributed by atoms with Crippen LogP contribution in [0.1, 0.15) is 50.2 Å². The van der Waals surface area contributed by atoms with Crippen molar-refractivity contribution in [1.29, 1.82) is 0 Å². The molecule has 0 aliphatic heterocycles. The first kappa shape index (κ1) is 13.6. The van der Waals surface area contributed by atoms with Gasteiger partial charge < -0.3 is 9.73 Å². The molecule has 18 heavy (non-hydrogen) atoms. The molecule has 0 amide bonds. The quantitative estimate of drug-likeness (QED) is 0.768. The van der Waals surface area contributed by atoms with Gasteiger partial charge in [-0.3, -0.25) is 4.90 Å². The van der Waals surface area contributed by atoms with Crippen LogP contribution in [0.4, 0.5) is 0 Å². The molecule has 0 saturated heterocycles. The molecule has 0 aromatic carbocycles. The smallest absolute Gasteiger partial charge is 0.118 e. The zero-order chi connectivity index (χ0) is 13.0. The Labute approximate surface area is 111 Å². The highest BCUT2D eigenvalue weighted by atomic mass is 16.3. The van der Waals surface area contributed by atoms with Crippen LogP contribution < -0.4 is 5.32 Å². The van der Waals surface area contributed by atoms with E-state index in [2.05, 4.69) is 37.1 Å². The SMILES string of the molecule is CCCN(CC)Cc1cc(CNC2CC2)c(C)o1. The van der Waals surface area contributed by atoms with Gasteiger partial charge in [-0.1, -0.05) is 13.8 Å². The summed E-state index contributed by atoms with van der Waals surface area (Å²) in [6.45, 7) is 10.6. The van der Waals surface area contributed by atoms with E-state index in [0.717, 1.165) is 43.7 Å². The predicted octanol–water partition coefficient (Wildman–Crippen LogP) is 3.07. The Balaban J connectivity index is 1.89. The molecule has 1 fully saturated rings. The molecule has 0 radical (unpaired) electrons. The number of nitrogens with one attached hydrogen (secondary N) is 1. The van der Waals surface area contributed by atoms with Crippen LogP contribution in [-0.4, -0.2) is 24.0 Å². The van der Waals surface area contributed by atoms with E-state index in [-0.39, 0.29) is 0 Å². The molecule has 102 valence electrons. The minimum absolute atomic E-state index is 0.759. The van der Waals surface area contributed by atoms with E-state index in [4.69, 9.17) is 4.42 Å². The highest BCUT2D eigenvalue weighted by Crippen LogP contribution is 2.21. The van der Waals surface area contributed by atoms with Gasteiger partial charge >= 0.3 is 0 Å². The molecule has 0 unspecified atom stereocenters. The predicted molar refractivity (Wildman–Crippen MR) is 74.5 cm³/mol. The largest absolute Gasteiger partial charge is 0.465 e. The van der Waals surface area contributed by atoms with Crippen LogP contribution in [0.3, 0.4) is 0 Å². The van der Waals surface area contributed by atoms with Gasteiger partial charge in [0.2, 0.25) is 0 Å². The van der Waals surface area contributed by atoms with Crippen molar-refractivity contribution in [3.8, 4) is 0 Å². The Morgan fingerprint density at radius 3 is 2.78 bits per heavy atom. The minimum atomic E-state index is 0.759. The van der Waals surface area contributed by atoms with Crippen molar-refractivity contribution in [3.63, 3.8) is 0 Å². The van der Waals surface area contributed by atoms with Gasteiger partial charge in [0.1, 0.15) is 11.5 Å². The van der Waals surface area contributed by atoms with Crippen molar-refractivity contribution in [3.05, 3.63) is 23.2 Å². The van der Waals surface area contributed by atoms with Crippen LogP contribution in [0.2, 0.25) is 0 Å². The lowest BCUT2D eigenvalue weighted by atomic mass is 10.2. The summed E-state index contributed by atoms with van der Waals surface area (Å²) in [7, 11) is 0. The summed E-state index contributed by atoms with van der Waals surface area (Å²) < 4.78 is 5.86. The molecule has 1 saturated carbocycles. The lowest BCUT2D eigenvalue weighted by Gasteiger charge is -2.17. The van der Waals surface area contributed by atoms with E-state index in [1.165, 1.54) is 24.8 Å². The van der Waals surface area contributed by atoms with Gasteiger partial charge in [0.15, 0.2) is 0 Å². The zero-order valence-corrected chi connectivity index (χ0v) is 12.0. The van der Waals surface area contributed by atoms with Gasteiger partial charge in [-0.2, -0.15) is 0 Å². The van der Waals surface area contributed by atoms with Crippen LogP contribution in [0.25, 0.3) is 0 Å². The molecule has 0 atom stereocenters. The summed E-state index contributed by atoms with van der Waals surface area (Å²) in [5.41, 5.74) is 1.32. The van der Waals surface area contributed by atoms with Gasteiger partial charge in [-0.15, -0.1) is 0 Å². The molecule has 1 N–H and O–H groups in total. The fraction of sp³-hybridized carbons (Fsp3) is 0.733. The molecule has 1 aliphatic rings. The number of nitrogens with zero attached hydrogens (tertiary/aromatic N) is 1. The Morgan fingerprint density at radius 2 is 2.17 bits per heavy atom. The monoisotopic (exact) mass is 250 g/mol. The first-order valence-electron chi connectivity index (χ1n) is 7.26. The first-order valence-corrected chi connectivity index (χ1v) is 7.26. The van der Waals surface area contributed by atoms with Gasteiger partial charge in [0.05, 0.1) is 6.54 Å². The summed E-state index contributed by atoms with van der Waals surface area (Å²) in [5, 5.41) is 3.55. The average molecular weight is 250 g/mol. The van der Waals surface area contributed by atoms with Crippen LogP contribution in [0, 0.1) is 6.92 Å². The van der Waals surface area contributed by atoms with Crippen LogP contribution in [0.5, 0.6) is 0 Å². The van der Waals surface area contributed by atoms with Crippen LogP contribution >= 0.6 is 0 Å². The third kappa shape index (κ3) is 3.85. The molecule has 0 spiro atoms. The first-order chi connectivity index (χ1) is 8.72. The summed E-state index contributed by atoms with van der Waals surface area (Å²) in [5.74, 6) is 2.18. The van der Waals surface area contributed by atoms with E-state index < -0.39 is 0 Å². The Morgan fingerprint density at radius 1 is 1.39 bits per heavy atom. The van der Waals surface area contributed by atoms with Gasteiger partial charge in [-0.05, 0) is 45.3 Å². The number of rotatable bonds is 8. The molecule has 3 heteroatoms. The maximum absolute atomic E-state index is 5.86. The standard InChI is InChI=1S/C15H26N2O/c1-4-8-17(5-2)11-15-9-13(12(3)18-15)10-16-14-6-7-14/h9,14,16H,4-8,10-11H2,1-3H3. The van der Waals surface area contributed by atoms with Crippen molar-refractivity contribution < 1.29 is 4.42 Å². The molecule has 1 aliphatic carbocycles. The van der Waals surface area contributed by atoms with E-state index in [1.54, 1.807) is 0 Å². The fourth-order valence-corrected chi connectivity index (χ4v) is 2.27. The van der Waals surface area contributed by atoms with E-state index in [1.807, 2.05) is 0 Å². The van der Waals surface area contributed by atoms with Crippen molar-refractivity contribution in [2.45, 2.75) is 59.2 Å². The normalized spacial score (nSPS) is 15.6. The zero-order valence-electron chi connectivity index (χ0n) is 12.0. The second-order valence-corrected chi connectivity index (χ2v) is 5.32. The number of aryl methyl sites for hydroxylation is 1. The Hall–Kier alpha value is -0.800. The van der Waals surface area contributed by atoms with Crippen molar-refractivity contribution in [2.24, 2.45) is 0 Å². The molecule has 1 aromatic heterocycles. The lowest BCUT2D eigenvalue weighted by Crippen LogP contribution is -2.23. The number of hydrogen-bond donors (Lipinski definition) is 1. The molecule has 1 aromatic rings. The van der Waals surface area contributed by atoms with Crippen LogP contribution in [-0.2, 0) is 13.1 Å². The second-order valence-electron chi connectivity index (χ2n) is 5.32. The second kappa shape index (κ2) is 6.39. The molecule has 2 rings (SSSR count). The third-order valence-electron chi connectivity index (χ3n) is 3.60. The van der Waals surface area contributed by atoms with Crippen molar-refractivity contribution >= 4 is 0 Å². The lowest BCUT2D eigenvalue weighted by molar-refractivity contribution is 0.254. The minimum Gasteiger partial charge on any atom is -0.465 e. The highest BCUT2D eigenvalue weighted by molar-refractivity contribution is 5.21. The van der Waals surface area contributed by atoms with E-state index >= 15 is 0 Å². The summed E-state index contributed by atoms with van der Waals surface area (Å²) in [6.07, 6.45) is 3.87. The Bertz CT molecular complexity index is 369. The summed E-state index contributed by atoms with van der Waals surface area (Å²) >= 11 is 0. The fourth-order valence-electron chi connectivity index (χ4n) is 2.27. The highest BCUT2D eigenvalue weighted by Gasteiger charge is 2.21. The van der Waals surface area contributed by atoms with Gasteiger partial charge in [-0.25, -0.2) is 0 Å². The van der Waals surface area contributed by atoms with Crippen LogP contribution in [0.15, 0.2) is 10.5 Å². The maximum Gasteiger partial charge on any atom is 0.118 e. The van der Waals surface area contributed by atoms with Gasteiger partial charge in [0, 0.05) is 18.2 Å². The Kier molecular flexibility index (Phi) is 4.84. The number of hydrogen-bond acceptors (Lipinski definition) is 3. The molecular weight excluding hydrogens is 224 g/mol. The van der Waals surface area contributed by atoms with Gasteiger partial charge in [0.25, 0.3) is 0 Å².